The maximum absolute atomic E-state index is 5.73. The number of hydrogen-bond acceptors (Lipinski definition) is 3. The smallest absolute Gasteiger partial charge is 0.161 e. The Morgan fingerprint density at radius 2 is 2.05 bits per heavy atom. The number of terminal acetylenes is 1. The molecule has 1 aromatic rings. The van der Waals surface area contributed by atoms with Gasteiger partial charge in [0.2, 0.25) is 0 Å². The summed E-state index contributed by atoms with van der Waals surface area (Å²) in [7, 11) is 0. The summed E-state index contributed by atoms with van der Waals surface area (Å²) in [5.41, 5.74) is 1.21. The summed E-state index contributed by atoms with van der Waals surface area (Å²) in [4.78, 5) is 0. The van der Waals surface area contributed by atoms with Gasteiger partial charge in [0.25, 0.3) is 0 Å². The molecular formula is C17H25NO2. The van der Waals surface area contributed by atoms with Crippen LogP contribution in [0.1, 0.15) is 38.7 Å². The van der Waals surface area contributed by atoms with Gasteiger partial charge in [-0.1, -0.05) is 13.0 Å². The van der Waals surface area contributed by atoms with Crippen LogP contribution in [0.15, 0.2) is 18.2 Å². The van der Waals surface area contributed by atoms with E-state index in [-0.39, 0.29) is 0 Å². The molecule has 1 rings (SSSR count). The van der Waals surface area contributed by atoms with Crippen molar-refractivity contribution in [2.45, 2.75) is 39.7 Å². The van der Waals surface area contributed by atoms with E-state index < -0.39 is 0 Å². The molecule has 0 bridgehead atoms. The molecule has 20 heavy (non-hydrogen) atoms. The van der Waals surface area contributed by atoms with Crippen molar-refractivity contribution in [2.24, 2.45) is 0 Å². The Kier molecular flexibility index (Phi) is 8.33. The lowest BCUT2D eigenvalue weighted by molar-refractivity contribution is 0.274. The number of ether oxygens (including phenoxy) is 2. The number of rotatable bonds is 10. The van der Waals surface area contributed by atoms with E-state index in [0.29, 0.717) is 13.2 Å². The SMILES string of the molecule is C#CCCCOc1ccc(CNCCC)cc1OCC. The minimum atomic E-state index is 0.623. The van der Waals surface area contributed by atoms with Crippen LogP contribution in [-0.2, 0) is 6.54 Å². The summed E-state index contributed by atoms with van der Waals surface area (Å²) >= 11 is 0. The summed E-state index contributed by atoms with van der Waals surface area (Å²) in [5, 5.41) is 3.38. The maximum atomic E-state index is 5.73. The topological polar surface area (TPSA) is 30.5 Å². The highest BCUT2D eigenvalue weighted by molar-refractivity contribution is 5.43. The molecule has 0 fully saturated rings. The molecule has 0 aliphatic heterocycles. The Labute approximate surface area is 122 Å². The molecule has 0 radical (unpaired) electrons. The van der Waals surface area contributed by atoms with Crippen LogP contribution in [0.3, 0.4) is 0 Å². The van der Waals surface area contributed by atoms with E-state index in [9.17, 15) is 0 Å². The van der Waals surface area contributed by atoms with E-state index in [4.69, 9.17) is 15.9 Å². The van der Waals surface area contributed by atoms with Gasteiger partial charge in [0, 0.05) is 13.0 Å². The molecule has 0 aliphatic carbocycles. The monoisotopic (exact) mass is 275 g/mol. The molecule has 3 heteroatoms. The van der Waals surface area contributed by atoms with Crippen molar-refractivity contribution >= 4 is 0 Å². The van der Waals surface area contributed by atoms with Crippen molar-refractivity contribution < 1.29 is 9.47 Å². The van der Waals surface area contributed by atoms with E-state index in [2.05, 4.69) is 24.2 Å². The molecular weight excluding hydrogens is 250 g/mol. The molecule has 0 aliphatic rings. The summed E-state index contributed by atoms with van der Waals surface area (Å²) < 4.78 is 11.4. The Morgan fingerprint density at radius 3 is 2.75 bits per heavy atom. The molecule has 0 unspecified atom stereocenters. The highest BCUT2D eigenvalue weighted by Crippen LogP contribution is 2.28. The van der Waals surface area contributed by atoms with Gasteiger partial charge in [-0.15, -0.1) is 12.3 Å². The third-order valence-corrected chi connectivity index (χ3v) is 2.79. The number of benzene rings is 1. The van der Waals surface area contributed by atoms with Crippen molar-refractivity contribution in [3.8, 4) is 23.8 Å². The summed E-state index contributed by atoms with van der Waals surface area (Å²) in [6, 6.07) is 6.09. The average molecular weight is 275 g/mol. The third kappa shape index (κ3) is 5.99. The lowest BCUT2D eigenvalue weighted by Gasteiger charge is -2.13. The highest BCUT2D eigenvalue weighted by atomic mass is 16.5. The molecule has 0 atom stereocenters. The van der Waals surface area contributed by atoms with Crippen LogP contribution in [0.5, 0.6) is 11.5 Å². The second kappa shape index (κ2) is 10.2. The van der Waals surface area contributed by atoms with Crippen molar-refractivity contribution in [3.05, 3.63) is 23.8 Å². The van der Waals surface area contributed by atoms with Gasteiger partial charge in [-0.3, -0.25) is 0 Å². The lowest BCUT2D eigenvalue weighted by Crippen LogP contribution is -2.13. The second-order valence-corrected chi connectivity index (χ2v) is 4.55. The normalized spacial score (nSPS) is 10.1. The van der Waals surface area contributed by atoms with E-state index in [1.54, 1.807) is 0 Å². The van der Waals surface area contributed by atoms with E-state index in [0.717, 1.165) is 43.9 Å². The standard InChI is InChI=1S/C17H25NO2/c1-4-7-8-12-20-16-10-9-15(14-18-11-5-2)13-17(16)19-6-3/h1,9-10,13,18H,5-8,11-12,14H2,2-3H3. The summed E-state index contributed by atoms with van der Waals surface area (Å²) in [6.07, 6.45) is 7.96. The van der Waals surface area contributed by atoms with Crippen LogP contribution in [-0.4, -0.2) is 19.8 Å². The first-order valence-electron chi connectivity index (χ1n) is 7.34. The number of unbranched alkanes of at least 4 members (excludes halogenated alkanes) is 1. The van der Waals surface area contributed by atoms with Crippen LogP contribution in [0, 0.1) is 12.3 Å². The van der Waals surface area contributed by atoms with Crippen LogP contribution < -0.4 is 14.8 Å². The molecule has 0 amide bonds. The summed E-state index contributed by atoms with van der Waals surface area (Å²) in [6.45, 7) is 7.26. The van der Waals surface area contributed by atoms with Gasteiger partial charge in [0.05, 0.1) is 13.2 Å². The molecule has 110 valence electrons. The van der Waals surface area contributed by atoms with Crippen LogP contribution >= 0.6 is 0 Å². The Hall–Kier alpha value is -1.66. The minimum Gasteiger partial charge on any atom is -0.490 e. The molecule has 0 saturated heterocycles. The zero-order valence-corrected chi connectivity index (χ0v) is 12.6. The Morgan fingerprint density at radius 1 is 1.20 bits per heavy atom. The Balaban J connectivity index is 2.61. The van der Waals surface area contributed by atoms with Crippen LogP contribution in [0.2, 0.25) is 0 Å². The first-order valence-corrected chi connectivity index (χ1v) is 7.34. The van der Waals surface area contributed by atoms with Crippen LogP contribution in [0.25, 0.3) is 0 Å². The first-order chi connectivity index (χ1) is 9.81. The van der Waals surface area contributed by atoms with Gasteiger partial charge in [0.15, 0.2) is 11.5 Å². The minimum absolute atomic E-state index is 0.623. The van der Waals surface area contributed by atoms with Gasteiger partial charge in [-0.25, -0.2) is 0 Å². The van der Waals surface area contributed by atoms with Gasteiger partial charge >= 0.3 is 0 Å². The molecule has 1 aromatic carbocycles. The Bertz CT molecular complexity index is 423. The van der Waals surface area contributed by atoms with E-state index in [1.807, 2.05) is 19.1 Å². The van der Waals surface area contributed by atoms with Crippen molar-refractivity contribution in [1.29, 1.82) is 0 Å². The molecule has 3 nitrogen and oxygen atoms in total. The third-order valence-electron chi connectivity index (χ3n) is 2.79. The maximum Gasteiger partial charge on any atom is 0.161 e. The van der Waals surface area contributed by atoms with Gasteiger partial charge in [-0.05, 0) is 44.0 Å². The van der Waals surface area contributed by atoms with Crippen molar-refractivity contribution in [2.75, 3.05) is 19.8 Å². The van der Waals surface area contributed by atoms with E-state index in [1.165, 1.54) is 5.56 Å². The fraction of sp³-hybridized carbons (Fsp3) is 0.529. The fourth-order valence-corrected chi connectivity index (χ4v) is 1.82. The molecule has 0 heterocycles. The van der Waals surface area contributed by atoms with Crippen molar-refractivity contribution in [3.63, 3.8) is 0 Å². The zero-order valence-electron chi connectivity index (χ0n) is 12.6. The molecule has 1 N–H and O–H groups in total. The predicted molar refractivity (Wildman–Crippen MR) is 83.2 cm³/mol. The molecule has 0 spiro atoms. The number of hydrogen-bond donors (Lipinski definition) is 1. The van der Waals surface area contributed by atoms with Gasteiger partial charge in [-0.2, -0.15) is 0 Å². The average Bonchev–Trinajstić information content (AvgIpc) is 2.46. The van der Waals surface area contributed by atoms with Gasteiger partial charge < -0.3 is 14.8 Å². The first kappa shape index (κ1) is 16.4. The summed E-state index contributed by atoms with van der Waals surface area (Å²) in [5.74, 6) is 4.22. The van der Waals surface area contributed by atoms with Gasteiger partial charge in [0.1, 0.15) is 0 Å². The highest BCUT2D eigenvalue weighted by Gasteiger charge is 2.06. The fourth-order valence-electron chi connectivity index (χ4n) is 1.82. The predicted octanol–water partition coefficient (Wildman–Crippen LogP) is 3.38. The second-order valence-electron chi connectivity index (χ2n) is 4.55. The lowest BCUT2D eigenvalue weighted by atomic mass is 10.2. The van der Waals surface area contributed by atoms with Crippen LogP contribution in [0.4, 0.5) is 0 Å². The molecule has 0 saturated carbocycles. The zero-order chi connectivity index (χ0) is 14.6. The quantitative estimate of drug-likeness (QED) is 0.524. The largest absolute Gasteiger partial charge is 0.490 e. The number of nitrogens with one attached hydrogen (secondary N) is 1. The molecule has 0 aromatic heterocycles. The van der Waals surface area contributed by atoms with Crippen molar-refractivity contribution in [1.82, 2.24) is 5.32 Å². The van der Waals surface area contributed by atoms with E-state index >= 15 is 0 Å².